The number of hydrogen-bond donors (Lipinski definition) is 3. The lowest BCUT2D eigenvalue weighted by molar-refractivity contribution is -0.202. The highest BCUT2D eigenvalue weighted by Crippen LogP contribution is 2.19. The zero-order valence-electron chi connectivity index (χ0n) is 7.51. The molecule has 0 bridgehead atoms. The lowest BCUT2D eigenvalue weighted by Gasteiger charge is -2.17. The largest absolute Gasteiger partial charge is 0.480 e. The van der Waals surface area contributed by atoms with E-state index in [-0.39, 0.29) is 6.42 Å². The van der Waals surface area contributed by atoms with Crippen LogP contribution < -0.4 is 5.32 Å². The van der Waals surface area contributed by atoms with Crippen molar-refractivity contribution >= 4 is 5.97 Å². The van der Waals surface area contributed by atoms with Crippen molar-refractivity contribution in [1.29, 1.82) is 0 Å². The van der Waals surface area contributed by atoms with Crippen molar-refractivity contribution in [1.82, 2.24) is 5.32 Å². The molecule has 0 aromatic rings. The quantitative estimate of drug-likeness (QED) is 0.619. The molecule has 0 heterocycles. The smallest absolute Gasteiger partial charge is 0.415 e. The Balaban J connectivity index is 3.98. The molecule has 0 aliphatic heterocycles. The molecule has 0 amide bonds. The highest BCUT2D eigenvalue weighted by atomic mass is 19.4. The Bertz CT molecular complexity index is 195. The van der Waals surface area contributed by atoms with Crippen LogP contribution in [0.4, 0.5) is 13.2 Å². The van der Waals surface area contributed by atoms with Crippen LogP contribution in [0.25, 0.3) is 0 Å². The average Bonchev–Trinajstić information content (AvgIpc) is 2.02. The first-order chi connectivity index (χ1) is 6.29. The Morgan fingerprint density at radius 1 is 1.50 bits per heavy atom. The van der Waals surface area contributed by atoms with Crippen LogP contribution in [-0.2, 0) is 4.79 Å². The lowest BCUT2D eigenvalue weighted by atomic mass is 10.2. The summed E-state index contributed by atoms with van der Waals surface area (Å²) in [5, 5.41) is 19.1. The fraction of sp³-hybridized carbons (Fsp3) is 0.857. The van der Waals surface area contributed by atoms with Gasteiger partial charge in [0.05, 0.1) is 0 Å². The number of carbonyl (C=O) groups is 1. The van der Waals surface area contributed by atoms with Gasteiger partial charge in [0.2, 0.25) is 0 Å². The lowest BCUT2D eigenvalue weighted by Crippen LogP contribution is -2.45. The van der Waals surface area contributed by atoms with Crippen LogP contribution in [0.2, 0.25) is 0 Å². The molecule has 0 aromatic heterocycles. The van der Waals surface area contributed by atoms with E-state index in [4.69, 9.17) is 10.2 Å². The third-order valence-electron chi connectivity index (χ3n) is 1.64. The second-order valence-electron chi connectivity index (χ2n) is 2.76. The highest BCUT2D eigenvalue weighted by Gasteiger charge is 2.38. The van der Waals surface area contributed by atoms with Gasteiger partial charge in [0.25, 0.3) is 0 Å². The Morgan fingerprint density at radius 3 is 2.29 bits per heavy atom. The molecule has 0 fully saturated rings. The van der Waals surface area contributed by atoms with Gasteiger partial charge in [0.15, 0.2) is 6.10 Å². The third kappa shape index (κ3) is 4.43. The minimum absolute atomic E-state index is 0.153. The van der Waals surface area contributed by atoms with Crippen LogP contribution in [0.5, 0.6) is 0 Å². The van der Waals surface area contributed by atoms with Crippen LogP contribution in [0, 0.1) is 0 Å². The van der Waals surface area contributed by atoms with Crippen molar-refractivity contribution in [2.24, 2.45) is 0 Å². The van der Waals surface area contributed by atoms with E-state index in [1.54, 1.807) is 0 Å². The minimum Gasteiger partial charge on any atom is -0.480 e. The summed E-state index contributed by atoms with van der Waals surface area (Å²) in [5.41, 5.74) is 0. The Hall–Kier alpha value is -0.820. The molecule has 2 unspecified atom stereocenters. The van der Waals surface area contributed by atoms with Crippen molar-refractivity contribution in [2.45, 2.75) is 31.7 Å². The van der Waals surface area contributed by atoms with Crippen LogP contribution >= 0.6 is 0 Å². The number of alkyl halides is 3. The first-order valence-corrected chi connectivity index (χ1v) is 4.00. The third-order valence-corrected chi connectivity index (χ3v) is 1.64. The summed E-state index contributed by atoms with van der Waals surface area (Å²) in [6, 6.07) is -1.06. The molecule has 0 saturated carbocycles. The molecule has 0 aliphatic carbocycles. The van der Waals surface area contributed by atoms with E-state index in [1.165, 1.54) is 6.92 Å². The second kappa shape index (κ2) is 5.16. The van der Waals surface area contributed by atoms with Crippen LogP contribution in [-0.4, -0.2) is 41.0 Å². The number of halogens is 3. The number of hydrogen-bond acceptors (Lipinski definition) is 3. The molecule has 0 rings (SSSR count). The summed E-state index contributed by atoms with van der Waals surface area (Å²) < 4.78 is 35.3. The van der Waals surface area contributed by atoms with Gasteiger partial charge in [0, 0.05) is 6.54 Å². The normalized spacial score (nSPS) is 16.4. The number of aliphatic hydroxyl groups excluding tert-OH is 1. The van der Waals surface area contributed by atoms with Gasteiger partial charge in [-0.25, -0.2) is 0 Å². The Labute approximate surface area is 78.7 Å². The zero-order chi connectivity index (χ0) is 11.4. The molecule has 14 heavy (non-hydrogen) atoms. The number of carboxylic acids is 1. The Morgan fingerprint density at radius 2 is 2.00 bits per heavy atom. The topological polar surface area (TPSA) is 69.6 Å². The molecular weight excluding hydrogens is 203 g/mol. The number of carboxylic acid groups (broad SMARTS) is 1. The van der Waals surface area contributed by atoms with Crippen molar-refractivity contribution < 1.29 is 28.2 Å². The molecule has 3 N–H and O–H groups in total. The molecular formula is C7H12F3NO3. The van der Waals surface area contributed by atoms with E-state index in [9.17, 15) is 18.0 Å². The van der Waals surface area contributed by atoms with Crippen molar-refractivity contribution in [3.8, 4) is 0 Å². The molecule has 0 saturated heterocycles. The summed E-state index contributed by atoms with van der Waals surface area (Å²) in [5.74, 6) is -1.23. The first-order valence-electron chi connectivity index (χ1n) is 4.00. The highest BCUT2D eigenvalue weighted by molar-refractivity contribution is 5.73. The number of aliphatic hydroxyl groups is 1. The van der Waals surface area contributed by atoms with Gasteiger partial charge >= 0.3 is 12.1 Å². The van der Waals surface area contributed by atoms with Gasteiger partial charge < -0.3 is 15.5 Å². The molecule has 0 aromatic carbocycles. The zero-order valence-corrected chi connectivity index (χ0v) is 7.51. The maximum atomic E-state index is 11.8. The molecule has 4 nitrogen and oxygen atoms in total. The van der Waals surface area contributed by atoms with Gasteiger partial charge in [-0.15, -0.1) is 0 Å². The van der Waals surface area contributed by atoms with Crippen molar-refractivity contribution in [2.75, 3.05) is 6.54 Å². The fourth-order valence-corrected chi connectivity index (χ4v) is 0.776. The number of nitrogens with one attached hydrogen (secondary N) is 1. The maximum Gasteiger partial charge on any atom is 0.415 e. The Kier molecular flexibility index (Phi) is 4.86. The first kappa shape index (κ1) is 13.2. The molecule has 0 aliphatic rings. The summed E-state index contributed by atoms with van der Waals surface area (Å²) in [6.07, 6.45) is -7.10. The van der Waals surface area contributed by atoms with Gasteiger partial charge in [-0.3, -0.25) is 4.79 Å². The molecule has 7 heteroatoms. The summed E-state index contributed by atoms with van der Waals surface area (Å²) in [7, 11) is 0. The molecule has 84 valence electrons. The average molecular weight is 215 g/mol. The minimum atomic E-state index is -4.72. The molecule has 2 atom stereocenters. The van der Waals surface area contributed by atoms with Crippen molar-refractivity contribution in [3.05, 3.63) is 0 Å². The standard InChI is InChI=1S/C7H12F3NO3/c1-2-4(6(13)14)11-3-5(12)7(8,9)10/h4-5,11-12H,2-3H2,1H3,(H,13,14). The van der Waals surface area contributed by atoms with E-state index in [0.29, 0.717) is 0 Å². The van der Waals surface area contributed by atoms with Gasteiger partial charge in [-0.1, -0.05) is 6.92 Å². The van der Waals surface area contributed by atoms with E-state index in [2.05, 4.69) is 5.32 Å². The predicted octanol–water partition coefficient (Wildman–Crippen LogP) is 0.362. The number of rotatable bonds is 5. The second-order valence-corrected chi connectivity index (χ2v) is 2.76. The van der Waals surface area contributed by atoms with Crippen molar-refractivity contribution in [3.63, 3.8) is 0 Å². The van der Waals surface area contributed by atoms with Gasteiger partial charge in [-0.05, 0) is 6.42 Å². The summed E-state index contributed by atoms with van der Waals surface area (Å²) in [6.45, 7) is 0.708. The van der Waals surface area contributed by atoms with E-state index in [0.717, 1.165) is 0 Å². The fourth-order valence-electron chi connectivity index (χ4n) is 0.776. The van der Waals surface area contributed by atoms with E-state index < -0.39 is 30.8 Å². The van der Waals surface area contributed by atoms with Gasteiger partial charge in [-0.2, -0.15) is 13.2 Å². The maximum absolute atomic E-state index is 11.8. The van der Waals surface area contributed by atoms with E-state index >= 15 is 0 Å². The molecule has 0 radical (unpaired) electrons. The summed E-state index contributed by atoms with van der Waals surface area (Å²) in [4.78, 5) is 10.4. The van der Waals surface area contributed by atoms with Gasteiger partial charge in [0.1, 0.15) is 6.04 Å². The SMILES string of the molecule is CCC(NCC(O)C(F)(F)F)C(=O)O. The predicted molar refractivity (Wildman–Crippen MR) is 41.8 cm³/mol. The molecule has 0 spiro atoms. The number of aliphatic carboxylic acids is 1. The summed E-state index contributed by atoms with van der Waals surface area (Å²) >= 11 is 0. The van der Waals surface area contributed by atoms with Crippen LogP contribution in [0.15, 0.2) is 0 Å². The van der Waals surface area contributed by atoms with E-state index in [1.807, 2.05) is 0 Å². The van der Waals surface area contributed by atoms with Crippen LogP contribution in [0.3, 0.4) is 0 Å². The van der Waals surface area contributed by atoms with Crippen LogP contribution in [0.1, 0.15) is 13.3 Å². The monoisotopic (exact) mass is 215 g/mol.